The minimum Gasteiger partial charge on any atom is -0.0791 e. The van der Waals surface area contributed by atoms with Crippen molar-refractivity contribution in [1.29, 1.82) is 0 Å². The first-order valence-electron chi connectivity index (χ1n) is 9.57. The molecule has 4 heteroatoms. The van der Waals surface area contributed by atoms with Crippen molar-refractivity contribution in [3.8, 4) is 0 Å². The molecule has 2 aliphatic rings. The molecule has 0 atom stereocenters. The van der Waals surface area contributed by atoms with E-state index in [2.05, 4.69) is 103 Å². The van der Waals surface area contributed by atoms with Crippen LogP contribution in [0.3, 0.4) is 0 Å². The van der Waals surface area contributed by atoms with Crippen LogP contribution >= 0.6 is 0 Å². The molecule has 0 amide bonds. The summed E-state index contributed by atoms with van der Waals surface area (Å²) in [6.45, 7) is 31.2. The highest BCUT2D eigenvalue weighted by Gasteiger charge is 2.62. The van der Waals surface area contributed by atoms with E-state index >= 15 is 0 Å². The zero-order valence-corrected chi connectivity index (χ0v) is 22.3. The van der Waals surface area contributed by atoms with Crippen molar-refractivity contribution >= 4 is 32.3 Å². The Hall–Kier alpha value is 0.0875. The molecule has 0 heterocycles. The molecule has 0 aromatic carbocycles. The molecule has 136 valence electrons. The molecule has 0 nitrogen and oxygen atoms in total. The van der Waals surface area contributed by atoms with E-state index in [0.717, 1.165) is 0 Å². The van der Waals surface area contributed by atoms with Crippen molar-refractivity contribution in [3.63, 3.8) is 0 Å². The highest BCUT2D eigenvalue weighted by atomic mass is 28.4. The van der Waals surface area contributed by atoms with E-state index in [0.29, 0.717) is 9.32 Å². The van der Waals surface area contributed by atoms with Crippen molar-refractivity contribution in [2.45, 2.75) is 87.9 Å². The van der Waals surface area contributed by atoms with Gasteiger partial charge in [-0.1, -0.05) is 103 Å². The monoisotopic (exact) mass is 392 g/mol. The molecule has 2 aliphatic carbocycles. The van der Waals surface area contributed by atoms with E-state index < -0.39 is 32.3 Å². The van der Waals surface area contributed by atoms with Gasteiger partial charge in [0.05, 0.1) is 32.3 Å². The van der Waals surface area contributed by atoms with Gasteiger partial charge in [0, 0.05) is 9.32 Å². The summed E-state index contributed by atoms with van der Waals surface area (Å²) in [7, 11) is -5.52. The first-order chi connectivity index (χ1) is 10.4. The fourth-order valence-electron chi connectivity index (χ4n) is 6.33. The quantitative estimate of drug-likeness (QED) is 0.439. The first kappa shape index (κ1) is 20.4. The summed E-state index contributed by atoms with van der Waals surface area (Å²) < 4.78 is 0.791. The van der Waals surface area contributed by atoms with Crippen molar-refractivity contribution in [2.75, 3.05) is 0 Å². The Morgan fingerprint density at radius 1 is 0.458 bits per heavy atom. The van der Waals surface area contributed by atoms with Crippen molar-refractivity contribution in [1.82, 2.24) is 0 Å². The minimum absolute atomic E-state index is 0.396. The van der Waals surface area contributed by atoms with Gasteiger partial charge in [0.1, 0.15) is 0 Å². The topological polar surface area (TPSA) is 0 Å². The van der Waals surface area contributed by atoms with Gasteiger partial charge in [-0.25, -0.2) is 0 Å². The van der Waals surface area contributed by atoms with E-state index in [1.807, 2.05) is 0 Å². The summed E-state index contributed by atoms with van der Waals surface area (Å²) in [5.41, 5.74) is 3.51. The fourth-order valence-corrected chi connectivity index (χ4v) is 30.8. The fraction of sp³-hybridized carbons (Fsp3) is 0.700. The summed E-state index contributed by atoms with van der Waals surface area (Å²) in [5, 5.41) is 0. The molecule has 24 heavy (non-hydrogen) atoms. The van der Waals surface area contributed by atoms with Gasteiger partial charge in [-0.05, 0) is 11.1 Å². The maximum atomic E-state index is 2.70. The molecule has 0 spiro atoms. The second-order valence-corrected chi connectivity index (χ2v) is 34.3. The third kappa shape index (κ3) is 2.39. The standard InChI is InChI=1S/C20H40Si4/c1-21(2,3)19(22(4,5)6)15-13-18-17(19)14-16-20(18,23(7,8)9)24(10,11)12/h13-16H,1-12H3. The Kier molecular flexibility index (Phi) is 4.51. The molecule has 0 radical (unpaired) electrons. The molecule has 0 N–H and O–H groups in total. The van der Waals surface area contributed by atoms with Gasteiger partial charge in [0.2, 0.25) is 0 Å². The van der Waals surface area contributed by atoms with Crippen LogP contribution in [0.25, 0.3) is 0 Å². The molecule has 0 aromatic rings. The molecule has 0 aromatic heterocycles. The Morgan fingerprint density at radius 3 is 0.833 bits per heavy atom. The lowest BCUT2D eigenvalue weighted by Gasteiger charge is -2.51. The van der Waals surface area contributed by atoms with Crippen LogP contribution in [0.4, 0.5) is 0 Å². The lowest BCUT2D eigenvalue weighted by atomic mass is 10.2. The summed E-state index contributed by atoms with van der Waals surface area (Å²) in [5.74, 6) is 0. The molecular formula is C20H40Si4. The molecular weight excluding hydrogens is 353 g/mol. The molecule has 0 bridgehead atoms. The third-order valence-corrected chi connectivity index (χ3v) is 27.1. The largest absolute Gasteiger partial charge is 0.0791 e. The lowest BCUT2D eigenvalue weighted by molar-refractivity contribution is 1.02. The maximum absolute atomic E-state index is 2.70. The van der Waals surface area contributed by atoms with Crippen molar-refractivity contribution in [2.24, 2.45) is 0 Å². The van der Waals surface area contributed by atoms with Crippen LogP contribution in [0.5, 0.6) is 0 Å². The number of allylic oxidation sites excluding steroid dienone is 6. The smallest absolute Gasteiger partial charge is 0.0571 e. The summed E-state index contributed by atoms with van der Waals surface area (Å²) >= 11 is 0. The van der Waals surface area contributed by atoms with E-state index in [9.17, 15) is 0 Å². The predicted molar refractivity (Wildman–Crippen MR) is 124 cm³/mol. The second kappa shape index (κ2) is 5.30. The van der Waals surface area contributed by atoms with E-state index in [1.54, 1.807) is 11.1 Å². The molecule has 0 fully saturated rings. The predicted octanol–water partition coefficient (Wildman–Crippen LogP) is 7.33. The molecule has 0 saturated carbocycles. The van der Waals surface area contributed by atoms with Crippen LogP contribution < -0.4 is 0 Å². The van der Waals surface area contributed by atoms with Crippen molar-refractivity contribution < 1.29 is 0 Å². The number of hydrogen-bond donors (Lipinski definition) is 0. The van der Waals surface area contributed by atoms with Gasteiger partial charge in [0.15, 0.2) is 0 Å². The number of hydrogen-bond acceptors (Lipinski definition) is 0. The Morgan fingerprint density at radius 2 is 0.667 bits per heavy atom. The van der Waals surface area contributed by atoms with Crippen LogP contribution in [-0.4, -0.2) is 32.3 Å². The van der Waals surface area contributed by atoms with E-state index in [1.165, 1.54) is 0 Å². The summed E-state index contributed by atoms with van der Waals surface area (Å²) in [6.07, 6.45) is 10.6. The van der Waals surface area contributed by atoms with Crippen LogP contribution in [0.2, 0.25) is 87.9 Å². The highest BCUT2D eigenvalue weighted by Crippen LogP contribution is 2.68. The zero-order chi connectivity index (χ0) is 19.0. The highest BCUT2D eigenvalue weighted by molar-refractivity contribution is 7.02. The van der Waals surface area contributed by atoms with E-state index in [-0.39, 0.29) is 0 Å². The van der Waals surface area contributed by atoms with E-state index in [4.69, 9.17) is 0 Å². The normalized spacial score (nSPS) is 23.2. The molecule has 2 rings (SSSR count). The second-order valence-electron chi connectivity index (χ2n) is 12.1. The SMILES string of the molecule is C[Si](C)(C)C1([Si](C)(C)C)C=CC2=C1C=CC2([Si](C)(C)C)[Si](C)(C)C. The van der Waals surface area contributed by atoms with Gasteiger partial charge in [-0.15, -0.1) is 0 Å². The molecule has 0 aliphatic heterocycles. The molecule has 0 unspecified atom stereocenters. The van der Waals surface area contributed by atoms with Crippen LogP contribution in [0.15, 0.2) is 35.5 Å². The molecule has 0 saturated heterocycles. The van der Waals surface area contributed by atoms with Crippen LogP contribution in [-0.2, 0) is 0 Å². The Bertz CT molecular complexity index is 539. The summed E-state index contributed by atoms with van der Waals surface area (Å²) in [4.78, 5) is 0. The average Bonchev–Trinajstić information content (AvgIpc) is 2.78. The average molecular weight is 393 g/mol. The zero-order valence-electron chi connectivity index (χ0n) is 18.3. The lowest BCUT2D eigenvalue weighted by Crippen LogP contribution is -2.54. The van der Waals surface area contributed by atoms with Crippen LogP contribution in [0.1, 0.15) is 0 Å². The van der Waals surface area contributed by atoms with Crippen molar-refractivity contribution in [3.05, 3.63) is 35.5 Å². The summed E-state index contributed by atoms with van der Waals surface area (Å²) in [6, 6.07) is 0. The third-order valence-electron chi connectivity index (χ3n) is 6.87. The van der Waals surface area contributed by atoms with Gasteiger partial charge >= 0.3 is 0 Å². The van der Waals surface area contributed by atoms with Gasteiger partial charge < -0.3 is 0 Å². The first-order valence-corrected chi connectivity index (χ1v) is 23.6. The van der Waals surface area contributed by atoms with Crippen LogP contribution in [0, 0.1) is 0 Å². The number of rotatable bonds is 4. The Balaban J connectivity index is 2.85. The van der Waals surface area contributed by atoms with Gasteiger partial charge in [-0.2, -0.15) is 0 Å². The van der Waals surface area contributed by atoms with Gasteiger partial charge in [0.25, 0.3) is 0 Å². The van der Waals surface area contributed by atoms with Gasteiger partial charge in [-0.3, -0.25) is 0 Å². The maximum Gasteiger partial charge on any atom is 0.0571 e. The minimum atomic E-state index is -1.38. The Labute approximate surface area is 155 Å².